The third-order valence-electron chi connectivity index (χ3n) is 3.57. The van der Waals surface area contributed by atoms with Gasteiger partial charge in [-0.3, -0.25) is 9.69 Å². The number of aliphatic carboxylic acids is 1. The summed E-state index contributed by atoms with van der Waals surface area (Å²) < 4.78 is 37.6. The maximum Gasteiger partial charge on any atom is 0.416 e. The predicted octanol–water partition coefficient (Wildman–Crippen LogP) is 3.32. The average Bonchev–Trinajstić information content (AvgIpc) is 2.38. The van der Waals surface area contributed by atoms with Crippen LogP contribution in [0.3, 0.4) is 0 Å². The van der Waals surface area contributed by atoms with Gasteiger partial charge < -0.3 is 5.11 Å². The molecule has 3 nitrogen and oxygen atoms in total. The lowest BCUT2D eigenvalue weighted by Gasteiger charge is -2.34. The van der Waals surface area contributed by atoms with Crippen LogP contribution in [-0.2, 0) is 11.0 Å². The van der Waals surface area contributed by atoms with Crippen molar-refractivity contribution in [2.24, 2.45) is 0 Å². The van der Waals surface area contributed by atoms with Crippen LogP contribution in [0.15, 0.2) is 24.3 Å². The van der Waals surface area contributed by atoms with Crippen molar-refractivity contribution in [2.45, 2.75) is 31.5 Å². The minimum Gasteiger partial charge on any atom is -0.480 e. The van der Waals surface area contributed by atoms with E-state index in [1.165, 1.54) is 12.1 Å². The van der Waals surface area contributed by atoms with Gasteiger partial charge in [-0.05, 0) is 37.1 Å². The fourth-order valence-electron chi connectivity index (χ4n) is 2.63. The number of hydrogen-bond donors (Lipinski definition) is 1. The molecule has 1 atom stereocenters. The fraction of sp³-hybridized carbons (Fsp3) is 0.500. The molecule has 1 aromatic rings. The van der Waals surface area contributed by atoms with Crippen LogP contribution >= 0.6 is 0 Å². The Bertz CT molecular complexity index is 470. The van der Waals surface area contributed by atoms with Gasteiger partial charge in [0.1, 0.15) is 0 Å². The SMILES string of the molecule is O=C(O)CN1CCCC[C@@H]1c1ccc(C(F)(F)F)cc1. The lowest BCUT2D eigenvalue weighted by molar-refractivity contribution is -0.139. The number of alkyl halides is 3. The molecule has 0 spiro atoms. The van der Waals surface area contributed by atoms with E-state index in [-0.39, 0.29) is 12.6 Å². The van der Waals surface area contributed by atoms with Crippen LogP contribution in [0.4, 0.5) is 13.2 Å². The summed E-state index contributed by atoms with van der Waals surface area (Å²) in [4.78, 5) is 12.7. The lowest BCUT2D eigenvalue weighted by atomic mass is 9.94. The lowest BCUT2D eigenvalue weighted by Crippen LogP contribution is -2.37. The van der Waals surface area contributed by atoms with E-state index >= 15 is 0 Å². The minimum absolute atomic E-state index is 0.0777. The number of nitrogens with zero attached hydrogens (tertiary/aromatic N) is 1. The first-order valence-corrected chi connectivity index (χ1v) is 6.51. The van der Waals surface area contributed by atoms with Gasteiger partial charge in [0.15, 0.2) is 0 Å². The molecule has 1 heterocycles. The monoisotopic (exact) mass is 287 g/mol. The van der Waals surface area contributed by atoms with Crippen LogP contribution in [0.5, 0.6) is 0 Å². The van der Waals surface area contributed by atoms with Crippen LogP contribution in [0, 0.1) is 0 Å². The van der Waals surface area contributed by atoms with E-state index < -0.39 is 17.7 Å². The summed E-state index contributed by atoms with van der Waals surface area (Å²) in [6.07, 6.45) is -1.68. The maximum atomic E-state index is 12.5. The normalized spacial score (nSPS) is 20.9. The van der Waals surface area contributed by atoms with Crippen molar-refractivity contribution in [3.63, 3.8) is 0 Å². The molecule has 0 amide bonds. The van der Waals surface area contributed by atoms with E-state index in [0.717, 1.165) is 37.0 Å². The van der Waals surface area contributed by atoms with E-state index in [1.54, 1.807) is 0 Å². The Labute approximate surface area is 115 Å². The Balaban J connectivity index is 2.17. The number of likely N-dealkylation sites (tertiary alicyclic amines) is 1. The molecule has 0 aliphatic carbocycles. The molecule has 0 aromatic heterocycles. The molecular weight excluding hydrogens is 271 g/mol. The van der Waals surface area contributed by atoms with Crippen molar-refractivity contribution in [3.05, 3.63) is 35.4 Å². The van der Waals surface area contributed by atoms with Crippen LogP contribution in [0.2, 0.25) is 0 Å². The second-order valence-corrected chi connectivity index (χ2v) is 5.00. The number of piperidine rings is 1. The number of carboxylic acids is 1. The Morgan fingerprint density at radius 3 is 2.45 bits per heavy atom. The van der Waals surface area contributed by atoms with Gasteiger partial charge in [-0.25, -0.2) is 0 Å². The first-order chi connectivity index (χ1) is 9.38. The Kier molecular flexibility index (Phi) is 4.32. The number of carboxylic acid groups (broad SMARTS) is 1. The highest BCUT2D eigenvalue weighted by atomic mass is 19.4. The molecule has 1 fully saturated rings. The molecule has 110 valence electrons. The van der Waals surface area contributed by atoms with Crippen LogP contribution in [-0.4, -0.2) is 29.1 Å². The number of benzene rings is 1. The molecule has 1 aromatic carbocycles. The van der Waals surface area contributed by atoms with Crippen molar-refractivity contribution < 1.29 is 23.1 Å². The highest BCUT2D eigenvalue weighted by Crippen LogP contribution is 2.33. The predicted molar refractivity (Wildman–Crippen MR) is 67.2 cm³/mol. The average molecular weight is 287 g/mol. The summed E-state index contributed by atoms with van der Waals surface area (Å²) >= 11 is 0. The zero-order valence-electron chi connectivity index (χ0n) is 10.9. The number of halogens is 3. The number of rotatable bonds is 3. The third-order valence-corrected chi connectivity index (χ3v) is 3.57. The summed E-state index contributed by atoms with van der Waals surface area (Å²) in [6, 6.07) is 4.91. The Morgan fingerprint density at radius 2 is 1.90 bits per heavy atom. The van der Waals surface area contributed by atoms with Gasteiger partial charge in [-0.2, -0.15) is 13.2 Å². The van der Waals surface area contributed by atoms with Crippen LogP contribution in [0.25, 0.3) is 0 Å². The fourth-order valence-corrected chi connectivity index (χ4v) is 2.63. The van der Waals surface area contributed by atoms with Crippen molar-refractivity contribution in [1.29, 1.82) is 0 Å². The topological polar surface area (TPSA) is 40.5 Å². The largest absolute Gasteiger partial charge is 0.480 e. The van der Waals surface area contributed by atoms with E-state index in [1.807, 2.05) is 4.90 Å². The molecule has 1 aliphatic heterocycles. The molecular formula is C14H16F3NO2. The van der Waals surface area contributed by atoms with Crippen LogP contribution < -0.4 is 0 Å². The van der Waals surface area contributed by atoms with Crippen molar-refractivity contribution >= 4 is 5.97 Å². The van der Waals surface area contributed by atoms with Gasteiger partial charge in [0.05, 0.1) is 12.1 Å². The molecule has 1 N–H and O–H groups in total. The van der Waals surface area contributed by atoms with Gasteiger partial charge in [0, 0.05) is 6.04 Å². The smallest absolute Gasteiger partial charge is 0.416 e. The first-order valence-electron chi connectivity index (χ1n) is 6.51. The summed E-state index contributed by atoms with van der Waals surface area (Å²) in [5.74, 6) is -0.913. The molecule has 0 radical (unpaired) electrons. The van der Waals surface area contributed by atoms with E-state index in [0.29, 0.717) is 6.54 Å². The molecule has 20 heavy (non-hydrogen) atoms. The molecule has 0 saturated carbocycles. The van der Waals surface area contributed by atoms with Crippen LogP contribution in [0.1, 0.15) is 36.4 Å². The van der Waals surface area contributed by atoms with Crippen molar-refractivity contribution in [3.8, 4) is 0 Å². The maximum absolute atomic E-state index is 12.5. The second kappa shape index (κ2) is 5.83. The van der Waals surface area contributed by atoms with Gasteiger partial charge >= 0.3 is 12.1 Å². The highest BCUT2D eigenvalue weighted by molar-refractivity contribution is 5.69. The molecule has 1 aliphatic rings. The first kappa shape index (κ1) is 14.8. The van der Waals surface area contributed by atoms with E-state index in [4.69, 9.17) is 5.11 Å². The minimum atomic E-state index is -4.34. The second-order valence-electron chi connectivity index (χ2n) is 5.00. The molecule has 1 saturated heterocycles. The number of carbonyl (C=O) groups is 1. The molecule has 0 bridgehead atoms. The Hall–Kier alpha value is -1.56. The van der Waals surface area contributed by atoms with E-state index in [2.05, 4.69) is 0 Å². The van der Waals surface area contributed by atoms with E-state index in [9.17, 15) is 18.0 Å². The highest BCUT2D eigenvalue weighted by Gasteiger charge is 2.31. The van der Waals surface area contributed by atoms with Gasteiger partial charge in [0.25, 0.3) is 0 Å². The molecule has 2 rings (SSSR count). The van der Waals surface area contributed by atoms with Gasteiger partial charge in [0.2, 0.25) is 0 Å². The van der Waals surface area contributed by atoms with Gasteiger partial charge in [-0.1, -0.05) is 18.6 Å². The molecule has 0 unspecified atom stereocenters. The third kappa shape index (κ3) is 3.50. The number of hydrogen-bond acceptors (Lipinski definition) is 2. The zero-order valence-corrected chi connectivity index (χ0v) is 10.9. The van der Waals surface area contributed by atoms with Crippen molar-refractivity contribution in [1.82, 2.24) is 4.90 Å². The Morgan fingerprint density at radius 1 is 1.25 bits per heavy atom. The molecule has 6 heteroatoms. The van der Waals surface area contributed by atoms with Gasteiger partial charge in [-0.15, -0.1) is 0 Å². The summed E-state index contributed by atoms with van der Waals surface area (Å²) in [7, 11) is 0. The quantitative estimate of drug-likeness (QED) is 0.927. The summed E-state index contributed by atoms with van der Waals surface area (Å²) in [5, 5.41) is 8.89. The summed E-state index contributed by atoms with van der Waals surface area (Å²) in [5.41, 5.74) is 0.0702. The zero-order chi connectivity index (χ0) is 14.8. The summed E-state index contributed by atoms with van der Waals surface area (Å²) in [6.45, 7) is 0.587. The standard InChI is InChI=1S/C14H16F3NO2/c15-14(16,17)11-6-4-10(5-7-11)12-3-1-2-8-18(12)9-13(19)20/h4-7,12H,1-3,8-9H2,(H,19,20)/t12-/m1/s1. The van der Waals surface area contributed by atoms with Crippen molar-refractivity contribution in [2.75, 3.05) is 13.1 Å².